The van der Waals surface area contributed by atoms with E-state index in [0.29, 0.717) is 12.4 Å². The maximum atomic E-state index is 11.1. The summed E-state index contributed by atoms with van der Waals surface area (Å²) in [4.78, 5) is 10.5. The smallest absolute Gasteiger partial charge is 0.371 e. The van der Waals surface area contributed by atoms with Crippen molar-refractivity contribution >= 4 is 22.7 Å². The zero-order valence-corrected chi connectivity index (χ0v) is 10.0. The van der Waals surface area contributed by atoms with Crippen molar-refractivity contribution in [2.45, 2.75) is 18.6 Å². The summed E-state index contributed by atoms with van der Waals surface area (Å²) in [5.41, 5.74) is 0. The molecule has 90 valence electrons. The van der Waals surface area contributed by atoms with Crippen molar-refractivity contribution in [2.24, 2.45) is 0 Å². The van der Waals surface area contributed by atoms with E-state index in [1.165, 1.54) is 6.07 Å². The summed E-state index contributed by atoms with van der Waals surface area (Å²) < 4.78 is 16.1. The highest BCUT2D eigenvalue weighted by Crippen LogP contribution is 2.13. The fourth-order valence-electron chi connectivity index (χ4n) is 1.11. The molecule has 0 saturated carbocycles. The van der Waals surface area contributed by atoms with Crippen molar-refractivity contribution in [3.8, 4) is 0 Å². The molecule has 0 spiro atoms. The molecule has 1 heterocycles. The van der Waals surface area contributed by atoms with Crippen LogP contribution in [0.3, 0.4) is 0 Å². The van der Waals surface area contributed by atoms with Crippen molar-refractivity contribution < 1.29 is 18.5 Å². The van der Waals surface area contributed by atoms with E-state index in [2.05, 4.69) is 5.32 Å². The molecule has 0 fully saturated rings. The summed E-state index contributed by atoms with van der Waals surface area (Å²) in [6.07, 6.45) is 2.41. The van der Waals surface area contributed by atoms with Crippen LogP contribution >= 0.6 is 0 Å². The Labute approximate surface area is 96.3 Å². The molecule has 0 amide bonds. The quantitative estimate of drug-likeness (QED) is 0.794. The standard InChI is InChI=1S/C10H15NO4S/c1-7(16(2)14)5-6-11-9-4-3-8(15-9)10(12)13/h3-4,7,11H,5-6H2,1-2H3,(H,12,13). The van der Waals surface area contributed by atoms with Gasteiger partial charge in [0, 0.05) is 34.9 Å². The maximum Gasteiger partial charge on any atom is 0.371 e. The molecule has 2 unspecified atom stereocenters. The van der Waals surface area contributed by atoms with Crippen molar-refractivity contribution in [3.05, 3.63) is 17.9 Å². The fourth-order valence-corrected chi connectivity index (χ4v) is 1.56. The van der Waals surface area contributed by atoms with Crippen LogP contribution in [0.25, 0.3) is 0 Å². The summed E-state index contributed by atoms with van der Waals surface area (Å²) in [6.45, 7) is 2.51. The van der Waals surface area contributed by atoms with Gasteiger partial charge in [-0.15, -0.1) is 0 Å². The Morgan fingerprint density at radius 3 is 2.81 bits per heavy atom. The zero-order valence-electron chi connectivity index (χ0n) is 9.23. The van der Waals surface area contributed by atoms with E-state index in [0.717, 1.165) is 6.42 Å². The normalized spacial score (nSPS) is 14.4. The lowest BCUT2D eigenvalue weighted by Gasteiger charge is -2.07. The molecule has 0 radical (unpaired) electrons. The van der Waals surface area contributed by atoms with E-state index in [1.807, 2.05) is 6.92 Å². The van der Waals surface area contributed by atoms with Crippen molar-refractivity contribution in [2.75, 3.05) is 18.1 Å². The second kappa shape index (κ2) is 5.69. The molecule has 1 aromatic rings. The van der Waals surface area contributed by atoms with Gasteiger partial charge in [-0.25, -0.2) is 4.79 Å². The SMILES string of the molecule is CC(CCNc1ccc(C(=O)O)o1)S(C)=O. The summed E-state index contributed by atoms with van der Waals surface area (Å²) >= 11 is 0. The number of carboxylic acids is 1. The number of carbonyl (C=O) groups is 1. The number of nitrogens with one attached hydrogen (secondary N) is 1. The first-order valence-corrected chi connectivity index (χ1v) is 6.52. The van der Waals surface area contributed by atoms with Gasteiger partial charge in [0.05, 0.1) is 0 Å². The summed E-state index contributed by atoms with van der Waals surface area (Å²) in [7, 11) is -0.835. The predicted octanol–water partition coefficient (Wildman–Crippen LogP) is 1.55. The predicted molar refractivity (Wildman–Crippen MR) is 62.3 cm³/mol. The Kier molecular flexibility index (Phi) is 4.54. The van der Waals surface area contributed by atoms with Gasteiger partial charge in [-0.2, -0.15) is 0 Å². The van der Waals surface area contributed by atoms with E-state index in [4.69, 9.17) is 9.52 Å². The minimum Gasteiger partial charge on any atom is -0.475 e. The molecule has 5 nitrogen and oxygen atoms in total. The topological polar surface area (TPSA) is 79.5 Å². The third-order valence-electron chi connectivity index (χ3n) is 2.23. The van der Waals surface area contributed by atoms with Crippen molar-refractivity contribution in [1.82, 2.24) is 0 Å². The van der Waals surface area contributed by atoms with Crippen LogP contribution in [0, 0.1) is 0 Å². The number of carboxylic acid groups (broad SMARTS) is 1. The molecule has 2 atom stereocenters. The van der Waals surface area contributed by atoms with Crippen LogP contribution in [0.4, 0.5) is 5.88 Å². The third kappa shape index (κ3) is 3.69. The monoisotopic (exact) mass is 245 g/mol. The van der Waals surface area contributed by atoms with Gasteiger partial charge in [-0.3, -0.25) is 4.21 Å². The first kappa shape index (κ1) is 12.8. The highest BCUT2D eigenvalue weighted by molar-refractivity contribution is 7.84. The van der Waals surface area contributed by atoms with Gasteiger partial charge >= 0.3 is 5.97 Å². The molecule has 0 aliphatic rings. The molecular weight excluding hydrogens is 230 g/mol. The van der Waals surface area contributed by atoms with Crippen LogP contribution in [0.5, 0.6) is 0 Å². The maximum absolute atomic E-state index is 11.1. The highest BCUT2D eigenvalue weighted by atomic mass is 32.2. The molecule has 6 heteroatoms. The molecule has 0 bridgehead atoms. The van der Waals surface area contributed by atoms with Gasteiger partial charge in [0.15, 0.2) is 5.88 Å². The van der Waals surface area contributed by atoms with Crippen LogP contribution in [0.15, 0.2) is 16.5 Å². The third-order valence-corrected chi connectivity index (χ3v) is 3.60. The average molecular weight is 245 g/mol. The van der Waals surface area contributed by atoms with Gasteiger partial charge in [0.2, 0.25) is 5.76 Å². The van der Waals surface area contributed by atoms with Crippen LogP contribution in [-0.2, 0) is 10.8 Å². The van der Waals surface area contributed by atoms with Crippen LogP contribution in [0.1, 0.15) is 23.9 Å². The number of rotatable bonds is 6. The number of furan rings is 1. The van der Waals surface area contributed by atoms with E-state index >= 15 is 0 Å². The Hall–Kier alpha value is -1.30. The highest BCUT2D eigenvalue weighted by Gasteiger charge is 2.09. The molecule has 0 saturated heterocycles. The van der Waals surface area contributed by atoms with Crippen LogP contribution in [0.2, 0.25) is 0 Å². The Morgan fingerprint density at radius 2 is 2.31 bits per heavy atom. The van der Waals surface area contributed by atoms with Gasteiger partial charge < -0.3 is 14.8 Å². The minimum atomic E-state index is -1.09. The number of anilines is 1. The Bertz CT molecular complexity index is 388. The zero-order chi connectivity index (χ0) is 12.1. The second-order valence-electron chi connectivity index (χ2n) is 3.49. The summed E-state index contributed by atoms with van der Waals surface area (Å²) in [5, 5.41) is 11.7. The number of aromatic carboxylic acids is 1. The number of hydrogen-bond donors (Lipinski definition) is 2. The van der Waals surface area contributed by atoms with Gasteiger partial charge in [0.1, 0.15) is 0 Å². The van der Waals surface area contributed by atoms with Crippen molar-refractivity contribution in [3.63, 3.8) is 0 Å². The van der Waals surface area contributed by atoms with Gasteiger partial charge in [-0.05, 0) is 12.5 Å². The van der Waals surface area contributed by atoms with Crippen LogP contribution < -0.4 is 5.32 Å². The molecular formula is C10H15NO4S. The van der Waals surface area contributed by atoms with Gasteiger partial charge in [-0.1, -0.05) is 6.92 Å². The van der Waals surface area contributed by atoms with E-state index < -0.39 is 16.8 Å². The minimum absolute atomic E-state index is 0.0883. The van der Waals surface area contributed by atoms with E-state index in [1.54, 1.807) is 12.3 Å². The van der Waals surface area contributed by atoms with Crippen LogP contribution in [-0.4, -0.2) is 33.3 Å². The van der Waals surface area contributed by atoms with Gasteiger partial charge in [0.25, 0.3) is 0 Å². The second-order valence-corrected chi connectivity index (χ2v) is 5.30. The molecule has 1 aromatic heterocycles. The lowest BCUT2D eigenvalue weighted by atomic mass is 10.3. The molecule has 16 heavy (non-hydrogen) atoms. The Balaban J connectivity index is 2.37. The number of hydrogen-bond acceptors (Lipinski definition) is 4. The molecule has 0 aliphatic carbocycles. The summed E-state index contributed by atoms with van der Waals surface area (Å²) in [5.74, 6) is -0.753. The fraction of sp³-hybridized carbons (Fsp3) is 0.500. The lowest BCUT2D eigenvalue weighted by Crippen LogP contribution is -2.14. The molecule has 1 rings (SSSR count). The first-order valence-electron chi connectivity index (χ1n) is 4.90. The lowest BCUT2D eigenvalue weighted by molar-refractivity contribution is 0.0663. The Morgan fingerprint density at radius 1 is 1.62 bits per heavy atom. The average Bonchev–Trinajstić information content (AvgIpc) is 2.66. The van der Waals surface area contributed by atoms with E-state index in [9.17, 15) is 9.00 Å². The molecule has 0 aliphatic heterocycles. The summed E-state index contributed by atoms with van der Waals surface area (Å²) in [6, 6.07) is 2.96. The van der Waals surface area contributed by atoms with E-state index in [-0.39, 0.29) is 11.0 Å². The largest absolute Gasteiger partial charge is 0.475 e. The first-order chi connectivity index (χ1) is 7.50. The molecule has 2 N–H and O–H groups in total. The van der Waals surface area contributed by atoms with Crippen molar-refractivity contribution in [1.29, 1.82) is 0 Å². The molecule has 0 aromatic carbocycles.